The Morgan fingerprint density at radius 2 is 2.24 bits per heavy atom. The molecule has 0 saturated carbocycles. The minimum absolute atomic E-state index is 0.343. The van der Waals surface area contributed by atoms with Gasteiger partial charge in [-0.25, -0.2) is 9.78 Å². The van der Waals surface area contributed by atoms with Crippen molar-refractivity contribution < 1.29 is 14.3 Å². The number of carbonyl (C=O) groups excluding carboxylic acids is 1. The van der Waals surface area contributed by atoms with Crippen molar-refractivity contribution in [1.82, 2.24) is 9.55 Å². The van der Waals surface area contributed by atoms with Crippen molar-refractivity contribution in [3.63, 3.8) is 0 Å². The van der Waals surface area contributed by atoms with Crippen molar-refractivity contribution in [2.45, 2.75) is 19.9 Å². The van der Waals surface area contributed by atoms with E-state index in [9.17, 15) is 4.79 Å². The first-order valence-electron chi connectivity index (χ1n) is 6.85. The number of ether oxygens (including phenoxy) is 2. The van der Waals surface area contributed by atoms with E-state index in [0.29, 0.717) is 30.2 Å². The van der Waals surface area contributed by atoms with Crippen LogP contribution in [0.1, 0.15) is 23.7 Å². The first-order chi connectivity index (χ1) is 10.2. The summed E-state index contributed by atoms with van der Waals surface area (Å²) in [5.41, 5.74) is 6.63. The average Bonchev–Trinajstić information content (AvgIpc) is 2.96. The number of carbonyl (C=O) groups is 1. The van der Waals surface area contributed by atoms with E-state index >= 15 is 0 Å². The summed E-state index contributed by atoms with van der Waals surface area (Å²) < 4.78 is 12.5. The first-order valence-corrected chi connectivity index (χ1v) is 6.85. The fourth-order valence-electron chi connectivity index (χ4n) is 1.90. The third kappa shape index (κ3) is 4.52. The van der Waals surface area contributed by atoms with Gasteiger partial charge in [0.05, 0.1) is 25.1 Å². The van der Waals surface area contributed by atoms with Crippen molar-refractivity contribution in [2.24, 2.45) is 0 Å². The number of rotatable bonds is 7. The van der Waals surface area contributed by atoms with Gasteiger partial charge in [0.25, 0.3) is 0 Å². The lowest BCUT2D eigenvalue weighted by atomic mass is 10.2. The van der Waals surface area contributed by atoms with Gasteiger partial charge in [-0.1, -0.05) is 0 Å². The summed E-state index contributed by atoms with van der Waals surface area (Å²) in [6.45, 7) is 3.49. The molecule has 2 rings (SSSR count). The lowest BCUT2D eigenvalue weighted by molar-refractivity contribution is 0.0495. The number of aryl methyl sites for hydroxylation is 1. The number of esters is 1. The molecule has 1 aromatic carbocycles. The van der Waals surface area contributed by atoms with Gasteiger partial charge < -0.3 is 19.8 Å². The van der Waals surface area contributed by atoms with Crippen LogP contribution < -0.4 is 10.5 Å². The Hall–Kier alpha value is -2.50. The molecule has 2 aromatic rings. The fraction of sp³-hybridized carbons (Fsp3) is 0.333. The van der Waals surface area contributed by atoms with Gasteiger partial charge in [-0.15, -0.1) is 0 Å². The predicted octanol–water partition coefficient (Wildman–Crippen LogP) is 2.11. The highest BCUT2D eigenvalue weighted by atomic mass is 16.5. The van der Waals surface area contributed by atoms with Crippen LogP contribution in [0.4, 0.5) is 5.69 Å². The zero-order valence-corrected chi connectivity index (χ0v) is 12.0. The summed E-state index contributed by atoms with van der Waals surface area (Å²) in [7, 11) is 0. The lowest BCUT2D eigenvalue weighted by Gasteiger charge is -2.09. The largest absolute Gasteiger partial charge is 0.494 e. The van der Waals surface area contributed by atoms with Crippen LogP contribution in [0, 0.1) is 0 Å². The quantitative estimate of drug-likeness (QED) is 0.480. The van der Waals surface area contributed by atoms with E-state index in [-0.39, 0.29) is 0 Å². The third-order valence-electron chi connectivity index (χ3n) is 2.83. The topological polar surface area (TPSA) is 79.4 Å². The van der Waals surface area contributed by atoms with Crippen molar-refractivity contribution in [1.29, 1.82) is 0 Å². The van der Waals surface area contributed by atoms with E-state index in [1.807, 2.05) is 17.7 Å². The smallest absolute Gasteiger partial charge is 0.338 e. The second-order valence-corrected chi connectivity index (χ2v) is 4.51. The van der Waals surface area contributed by atoms with Crippen LogP contribution in [0.5, 0.6) is 5.75 Å². The van der Waals surface area contributed by atoms with E-state index in [4.69, 9.17) is 15.2 Å². The molecule has 0 aliphatic rings. The number of nitrogens with zero attached hydrogens (tertiary/aromatic N) is 2. The van der Waals surface area contributed by atoms with Crippen LogP contribution in [0.15, 0.2) is 36.9 Å². The maximum Gasteiger partial charge on any atom is 0.338 e. The predicted molar refractivity (Wildman–Crippen MR) is 79.1 cm³/mol. The molecular formula is C15H19N3O3. The van der Waals surface area contributed by atoms with Crippen LogP contribution in [0.25, 0.3) is 0 Å². The Morgan fingerprint density at radius 1 is 1.38 bits per heavy atom. The molecule has 1 heterocycles. The van der Waals surface area contributed by atoms with Crippen LogP contribution >= 0.6 is 0 Å². The summed E-state index contributed by atoms with van der Waals surface area (Å²) >= 11 is 0. The lowest BCUT2D eigenvalue weighted by Crippen LogP contribution is -2.09. The normalized spacial score (nSPS) is 10.3. The Kier molecular flexibility index (Phi) is 5.20. The zero-order valence-electron chi connectivity index (χ0n) is 12.0. The van der Waals surface area contributed by atoms with Gasteiger partial charge in [0, 0.05) is 30.7 Å². The second-order valence-electron chi connectivity index (χ2n) is 4.51. The number of benzene rings is 1. The highest BCUT2D eigenvalue weighted by Gasteiger charge is 2.10. The van der Waals surface area contributed by atoms with Gasteiger partial charge in [-0.3, -0.25) is 0 Å². The maximum atomic E-state index is 12.0. The number of hydrogen-bond acceptors (Lipinski definition) is 5. The van der Waals surface area contributed by atoms with E-state index in [2.05, 4.69) is 4.98 Å². The Balaban J connectivity index is 1.85. The van der Waals surface area contributed by atoms with Crippen LogP contribution in [-0.2, 0) is 11.3 Å². The standard InChI is InChI=1S/C15H19N3O3/c1-2-20-14-9-12(8-13(16)10-14)15(19)21-7-3-5-18-6-4-17-11-18/h4,6,8-11H,2-3,5,7,16H2,1H3. The molecule has 0 aliphatic carbocycles. The molecule has 112 valence electrons. The summed E-state index contributed by atoms with van der Waals surface area (Å²) in [5, 5.41) is 0. The summed E-state index contributed by atoms with van der Waals surface area (Å²) in [6.07, 6.45) is 6.04. The number of nitrogens with two attached hydrogens (primary N) is 1. The number of imidazole rings is 1. The number of nitrogen functional groups attached to an aromatic ring is 1. The maximum absolute atomic E-state index is 12.0. The molecular weight excluding hydrogens is 270 g/mol. The number of hydrogen-bond donors (Lipinski definition) is 1. The van der Waals surface area contributed by atoms with Gasteiger partial charge in [-0.2, -0.15) is 0 Å². The van der Waals surface area contributed by atoms with Crippen LogP contribution in [0.2, 0.25) is 0 Å². The fourth-order valence-corrected chi connectivity index (χ4v) is 1.90. The molecule has 0 atom stereocenters. The number of aromatic nitrogens is 2. The average molecular weight is 289 g/mol. The molecule has 6 nitrogen and oxygen atoms in total. The molecule has 0 unspecified atom stereocenters. The molecule has 0 spiro atoms. The number of anilines is 1. The summed E-state index contributed by atoms with van der Waals surface area (Å²) in [4.78, 5) is 15.9. The van der Waals surface area contributed by atoms with Crippen molar-refractivity contribution >= 4 is 11.7 Å². The molecule has 21 heavy (non-hydrogen) atoms. The van der Waals surface area contributed by atoms with Gasteiger partial charge in [-0.05, 0) is 25.5 Å². The molecule has 1 aromatic heterocycles. The first kappa shape index (κ1) is 14.9. The highest BCUT2D eigenvalue weighted by molar-refractivity contribution is 5.91. The minimum Gasteiger partial charge on any atom is -0.494 e. The zero-order chi connectivity index (χ0) is 15.1. The Morgan fingerprint density at radius 3 is 2.95 bits per heavy atom. The molecule has 0 saturated heterocycles. The van der Waals surface area contributed by atoms with Gasteiger partial charge >= 0.3 is 5.97 Å². The summed E-state index contributed by atoms with van der Waals surface area (Å²) in [6, 6.07) is 4.90. The molecule has 0 amide bonds. The van der Waals surface area contributed by atoms with Crippen LogP contribution in [-0.4, -0.2) is 28.7 Å². The third-order valence-corrected chi connectivity index (χ3v) is 2.83. The van der Waals surface area contributed by atoms with Crippen molar-refractivity contribution in [3.8, 4) is 5.75 Å². The molecule has 2 N–H and O–H groups in total. The minimum atomic E-state index is -0.395. The molecule has 0 bridgehead atoms. The second kappa shape index (κ2) is 7.33. The monoisotopic (exact) mass is 289 g/mol. The molecule has 0 aliphatic heterocycles. The summed E-state index contributed by atoms with van der Waals surface area (Å²) in [5.74, 6) is 0.178. The molecule has 0 fully saturated rings. The van der Waals surface area contributed by atoms with Gasteiger partial charge in [0.1, 0.15) is 5.75 Å². The Labute approximate surface area is 123 Å². The Bertz CT molecular complexity index is 582. The highest BCUT2D eigenvalue weighted by Crippen LogP contribution is 2.19. The SMILES string of the molecule is CCOc1cc(N)cc(C(=O)OCCCn2ccnc2)c1. The van der Waals surface area contributed by atoms with Gasteiger partial charge in [0.2, 0.25) is 0 Å². The van der Waals surface area contributed by atoms with E-state index in [1.165, 1.54) is 0 Å². The molecule has 6 heteroatoms. The van der Waals surface area contributed by atoms with Gasteiger partial charge in [0.15, 0.2) is 0 Å². The van der Waals surface area contributed by atoms with E-state index in [1.54, 1.807) is 30.7 Å². The van der Waals surface area contributed by atoms with Crippen molar-refractivity contribution in [2.75, 3.05) is 18.9 Å². The molecule has 0 radical (unpaired) electrons. The van der Waals surface area contributed by atoms with E-state index in [0.717, 1.165) is 13.0 Å². The van der Waals surface area contributed by atoms with Crippen LogP contribution in [0.3, 0.4) is 0 Å². The van der Waals surface area contributed by atoms with Crippen molar-refractivity contribution in [3.05, 3.63) is 42.5 Å². The van der Waals surface area contributed by atoms with E-state index < -0.39 is 5.97 Å².